The van der Waals surface area contributed by atoms with Crippen LogP contribution in [0.15, 0.2) is 60.0 Å². The second kappa shape index (κ2) is 8.50. The van der Waals surface area contributed by atoms with Gasteiger partial charge in [-0.3, -0.25) is 4.79 Å². The van der Waals surface area contributed by atoms with Gasteiger partial charge in [0.25, 0.3) is 5.91 Å². The highest BCUT2D eigenvalue weighted by atomic mass is 32.2. The van der Waals surface area contributed by atoms with Gasteiger partial charge in [0.15, 0.2) is 0 Å². The van der Waals surface area contributed by atoms with Crippen LogP contribution in [0.25, 0.3) is 6.08 Å². The van der Waals surface area contributed by atoms with Crippen LogP contribution in [0.4, 0.5) is 0 Å². The van der Waals surface area contributed by atoms with E-state index >= 15 is 0 Å². The Morgan fingerprint density at radius 3 is 2.19 bits per heavy atom. The molecule has 1 aliphatic heterocycles. The van der Waals surface area contributed by atoms with Crippen molar-refractivity contribution >= 4 is 22.0 Å². The van der Waals surface area contributed by atoms with Crippen molar-refractivity contribution in [3.05, 3.63) is 76.7 Å². The smallest absolute Gasteiger partial charge is 0.253 e. The molecule has 1 fully saturated rings. The highest BCUT2D eigenvalue weighted by Gasteiger charge is 2.27. The lowest BCUT2D eigenvalue weighted by atomic mass is 10.1. The Balaban J connectivity index is 1.60. The largest absolute Gasteiger partial charge is 0.336 e. The fraction of sp³-hybridized carbons (Fsp3) is 0.286. The Morgan fingerprint density at radius 1 is 0.963 bits per heavy atom. The van der Waals surface area contributed by atoms with Crippen molar-refractivity contribution < 1.29 is 13.2 Å². The topological polar surface area (TPSA) is 57.7 Å². The van der Waals surface area contributed by atoms with Gasteiger partial charge in [0.05, 0.1) is 0 Å². The Hall–Kier alpha value is -2.44. The summed E-state index contributed by atoms with van der Waals surface area (Å²) in [5.74, 6) is -0.0467. The molecule has 1 saturated heterocycles. The molecule has 0 spiro atoms. The second-order valence-electron chi connectivity index (χ2n) is 6.50. The van der Waals surface area contributed by atoms with Crippen LogP contribution in [0, 0.1) is 0 Å². The molecule has 3 rings (SSSR count). The van der Waals surface area contributed by atoms with Gasteiger partial charge < -0.3 is 4.90 Å². The summed E-state index contributed by atoms with van der Waals surface area (Å²) in [5, 5.41) is 1.24. The molecule has 1 aliphatic rings. The number of rotatable bonds is 5. The van der Waals surface area contributed by atoms with Gasteiger partial charge in [0.2, 0.25) is 10.0 Å². The summed E-state index contributed by atoms with van der Waals surface area (Å²) >= 11 is 0. The maximum absolute atomic E-state index is 12.6. The number of carbonyl (C=O) groups excluding carboxylic acids is 1. The first-order valence-corrected chi connectivity index (χ1v) is 10.6. The van der Waals surface area contributed by atoms with Gasteiger partial charge in [-0.1, -0.05) is 49.4 Å². The predicted molar refractivity (Wildman–Crippen MR) is 108 cm³/mol. The predicted octanol–water partition coefficient (Wildman–Crippen LogP) is 3.01. The summed E-state index contributed by atoms with van der Waals surface area (Å²) in [6.45, 7) is 3.47. The Morgan fingerprint density at radius 2 is 1.59 bits per heavy atom. The maximum atomic E-state index is 12.6. The summed E-state index contributed by atoms with van der Waals surface area (Å²) in [4.78, 5) is 14.3. The van der Waals surface area contributed by atoms with E-state index < -0.39 is 10.0 Å². The van der Waals surface area contributed by atoms with Gasteiger partial charge in [-0.05, 0) is 35.8 Å². The molecule has 1 heterocycles. The zero-order valence-electron chi connectivity index (χ0n) is 15.4. The van der Waals surface area contributed by atoms with Crippen LogP contribution in [0.5, 0.6) is 0 Å². The first kappa shape index (κ1) is 19.3. The maximum Gasteiger partial charge on any atom is 0.253 e. The van der Waals surface area contributed by atoms with Gasteiger partial charge in [-0.15, -0.1) is 0 Å². The zero-order valence-corrected chi connectivity index (χ0v) is 16.2. The third-order valence-electron chi connectivity index (χ3n) is 4.73. The standard InChI is InChI=1S/C21H24N2O3S/c1-2-18-8-10-20(11-9-18)21(24)22-13-15-23(16-14-22)27(25,26)17-12-19-6-4-3-5-7-19/h3-12,17H,2,13-16H2,1H3/b17-12+. The van der Waals surface area contributed by atoms with E-state index in [0.29, 0.717) is 31.7 Å². The van der Waals surface area contributed by atoms with E-state index in [4.69, 9.17) is 0 Å². The van der Waals surface area contributed by atoms with Crippen LogP contribution in [0.3, 0.4) is 0 Å². The highest BCUT2D eigenvalue weighted by molar-refractivity contribution is 7.92. The van der Waals surface area contributed by atoms with Crippen molar-refractivity contribution in [2.24, 2.45) is 0 Å². The minimum Gasteiger partial charge on any atom is -0.336 e. The summed E-state index contributed by atoms with van der Waals surface area (Å²) < 4.78 is 26.5. The van der Waals surface area contributed by atoms with E-state index in [-0.39, 0.29) is 5.91 Å². The minimum absolute atomic E-state index is 0.0467. The number of hydrogen-bond acceptors (Lipinski definition) is 3. The lowest BCUT2D eigenvalue weighted by Crippen LogP contribution is -2.50. The van der Waals surface area contributed by atoms with E-state index in [1.807, 2.05) is 54.6 Å². The number of amides is 1. The van der Waals surface area contributed by atoms with Crippen molar-refractivity contribution in [3.63, 3.8) is 0 Å². The van der Waals surface area contributed by atoms with Gasteiger partial charge in [-0.25, -0.2) is 8.42 Å². The number of hydrogen-bond donors (Lipinski definition) is 0. The van der Waals surface area contributed by atoms with Crippen LogP contribution in [-0.4, -0.2) is 49.7 Å². The van der Waals surface area contributed by atoms with Crippen molar-refractivity contribution in [3.8, 4) is 0 Å². The number of sulfonamides is 1. The van der Waals surface area contributed by atoms with E-state index in [0.717, 1.165) is 12.0 Å². The van der Waals surface area contributed by atoms with Gasteiger partial charge >= 0.3 is 0 Å². The number of carbonyl (C=O) groups is 1. The Labute approximate surface area is 161 Å². The van der Waals surface area contributed by atoms with E-state index in [2.05, 4.69) is 6.92 Å². The molecule has 0 aliphatic carbocycles. The number of nitrogens with zero attached hydrogens (tertiary/aromatic N) is 2. The summed E-state index contributed by atoms with van der Waals surface area (Å²) in [5.41, 5.74) is 2.67. The molecule has 0 radical (unpaired) electrons. The molecular weight excluding hydrogens is 360 g/mol. The molecule has 27 heavy (non-hydrogen) atoms. The molecule has 0 unspecified atom stereocenters. The van der Waals surface area contributed by atoms with Gasteiger partial charge in [-0.2, -0.15) is 4.31 Å². The van der Waals surface area contributed by atoms with E-state index in [1.54, 1.807) is 11.0 Å². The number of aryl methyl sites for hydroxylation is 1. The molecule has 2 aromatic carbocycles. The third kappa shape index (κ3) is 4.84. The third-order valence-corrected chi connectivity index (χ3v) is 6.29. The Bertz CT molecular complexity index is 898. The van der Waals surface area contributed by atoms with Crippen molar-refractivity contribution in [1.82, 2.24) is 9.21 Å². The van der Waals surface area contributed by atoms with E-state index in [1.165, 1.54) is 15.3 Å². The minimum atomic E-state index is -3.49. The Kier molecular flexibility index (Phi) is 6.08. The van der Waals surface area contributed by atoms with Crippen LogP contribution >= 0.6 is 0 Å². The summed E-state index contributed by atoms with van der Waals surface area (Å²) in [6.07, 6.45) is 2.53. The average molecular weight is 385 g/mol. The van der Waals surface area contributed by atoms with Crippen molar-refractivity contribution in [1.29, 1.82) is 0 Å². The van der Waals surface area contributed by atoms with Crippen LogP contribution in [0.2, 0.25) is 0 Å². The number of piperazine rings is 1. The first-order valence-electron chi connectivity index (χ1n) is 9.11. The normalized spacial score (nSPS) is 16.0. The quantitative estimate of drug-likeness (QED) is 0.796. The van der Waals surface area contributed by atoms with Crippen molar-refractivity contribution in [2.75, 3.05) is 26.2 Å². The lowest BCUT2D eigenvalue weighted by Gasteiger charge is -2.33. The average Bonchev–Trinajstić information content (AvgIpc) is 2.73. The molecule has 0 aromatic heterocycles. The molecular formula is C21H24N2O3S. The van der Waals surface area contributed by atoms with E-state index in [9.17, 15) is 13.2 Å². The molecule has 0 saturated carbocycles. The van der Waals surface area contributed by atoms with Crippen LogP contribution < -0.4 is 0 Å². The second-order valence-corrected chi connectivity index (χ2v) is 8.32. The zero-order chi connectivity index (χ0) is 19.3. The fourth-order valence-corrected chi connectivity index (χ4v) is 4.20. The first-order chi connectivity index (χ1) is 13.0. The van der Waals surface area contributed by atoms with Gasteiger partial charge in [0.1, 0.15) is 0 Å². The molecule has 0 atom stereocenters. The molecule has 0 bridgehead atoms. The molecule has 0 N–H and O–H groups in total. The molecule has 6 heteroatoms. The fourth-order valence-electron chi connectivity index (χ4n) is 3.03. The molecule has 1 amide bonds. The summed E-state index contributed by atoms with van der Waals surface area (Å²) in [6, 6.07) is 16.9. The lowest BCUT2D eigenvalue weighted by molar-refractivity contribution is 0.0698. The molecule has 5 nitrogen and oxygen atoms in total. The van der Waals surface area contributed by atoms with Crippen molar-refractivity contribution in [2.45, 2.75) is 13.3 Å². The summed E-state index contributed by atoms with van der Waals surface area (Å²) in [7, 11) is -3.49. The van der Waals surface area contributed by atoms with Crippen LogP contribution in [0.1, 0.15) is 28.4 Å². The van der Waals surface area contributed by atoms with Crippen LogP contribution in [-0.2, 0) is 16.4 Å². The van der Waals surface area contributed by atoms with Gasteiger partial charge in [0, 0.05) is 37.2 Å². The number of benzene rings is 2. The molecule has 2 aromatic rings. The monoisotopic (exact) mass is 384 g/mol. The molecule has 142 valence electrons. The SMILES string of the molecule is CCc1ccc(C(=O)N2CCN(S(=O)(=O)/C=C/c3ccccc3)CC2)cc1. The highest BCUT2D eigenvalue weighted by Crippen LogP contribution is 2.14.